The van der Waals surface area contributed by atoms with Gasteiger partial charge in [-0.1, -0.05) is 0 Å². The topological polar surface area (TPSA) is 34.1 Å². The minimum Gasteiger partial charge on any atom is -0.497 e. The highest BCUT2D eigenvalue weighted by atomic mass is 35.5. The van der Waals surface area contributed by atoms with Gasteiger partial charge in [0.15, 0.2) is 0 Å². The molecule has 0 saturated carbocycles. The number of methoxy groups -OCH3 is 1. The number of fused-ring (bicyclic) bond motifs is 1. The Morgan fingerprint density at radius 3 is 3.00 bits per heavy atom. The first-order chi connectivity index (χ1) is 8.35. The van der Waals surface area contributed by atoms with E-state index < -0.39 is 0 Å². The SMILES string of the molecule is COc1ccc2c(NCCCCl)nccc2c1. The van der Waals surface area contributed by atoms with Crippen LogP contribution in [0.15, 0.2) is 30.5 Å². The first-order valence-corrected chi connectivity index (χ1v) is 6.11. The first-order valence-electron chi connectivity index (χ1n) is 5.58. The number of aromatic nitrogens is 1. The summed E-state index contributed by atoms with van der Waals surface area (Å²) >= 11 is 5.65. The van der Waals surface area contributed by atoms with Crippen molar-refractivity contribution in [1.29, 1.82) is 0 Å². The molecule has 3 nitrogen and oxygen atoms in total. The number of anilines is 1. The van der Waals surface area contributed by atoms with Crippen molar-refractivity contribution in [3.05, 3.63) is 30.5 Å². The van der Waals surface area contributed by atoms with Crippen LogP contribution in [0, 0.1) is 0 Å². The molecule has 0 amide bonds. The number of benzene rings is 1. The molecule has 0 radical (unpaired) electrons. The van der Waals surface area contributed by atoms with Gasteiger partial charge in [0.2, 0.25) is 0 Å². The Balaban J connectivity index is 2.30. The Kier molecular flexibility index (Phi) is 4.04. The van der Waals surface area contributed by atoms with Crippen LogP contribution in [0.5, 0.6) is 5.75 Å². The number of nitrogens with zero attached hydrogens (tertiary/aromatic N) is 1. The van der Waals surface area contributed by atoms with Crippen LogP contribution in [0.3, 0.4) is 0 Å². The lowest BCUT2D eigenvalue weighted by molar-refractivity contribution is 0.415. The molecule has 0 aliphatic carbocycles. The molecule has 1 aromatic carbocycles. The fourth-order valence-corrected chi connectivity index (χ4v) is 1.83. The van der Waals surface area contributed by atoms with E-state index in [1.165, 1.54) is 0 Å². The second kappa shape index (κ2) is 5.73. The Labute approximate surface area is 106 Å². The zero-order valence-corrected chi connectivity index (χ0v) is 10.5. The molecule has 0 aliphatic heterocycles. The molecule has 2 rings (SSSR count). The predicted molar refractivity (Wildman–Crippen MR) is 72.1 cm³/mol. The molecule has 0 fully saturated rings. The van der Waals surface area contributed by atoms with Gasteiger partial charge >= 0.3 is 0 Å². The Morgan fingerprint density at radius 1 is 1.35 bits per heavy atom. The lowest BCUT2D eigenvalue weighted by Gasteiger charge is -2.08. The number of rotatable bonds is 5. The number of halogens is 1. The summed E-state index contributed by atoms with van der Waals surface area (Å²) in [6, 6.07) is 7.94. The van der Waals surface area contributed by atoms with E-state index in [1.54, 1.807) is 13.3 Å². The number of nitrogens with one attached hydrogen (secondary N) is 1. The maximum absolute atomic E-state index is 5.65. The van der Waals surface area contributed by atoms with E-state index in [4.69, 9.17) is 16.3 Å². The third kappa shape index (κ3) is 2.80. The first kappa shape index (κ1) is 12.0. The van der Waals surface area contributed by atoms with Gasteiger partial charge in [-0.3, -0.25) is 0 Å². The molecular formula is C13H15ClN2O. The van der Waals surface area contributed by atoms with Gasteiger partial charge in [-0.15, -0.1) is 11.6 Å². The highest BCUT2D eigenvalue weighted by molar-refractivity contribution is 6.17. The molecule has 0 unspecified atom stereocenters. The van der Waals surface area contributed by atoms with Gasteiger partial charge in [0.05, 0.1) is 7.11 Å². The molecule has 2 aromatic rings. The standard InChI is InChI=1S/C13H15ClN2O/c1-17-11-3-4-12-10(9-11)5-8-16-13(12)15-7-2-6-14/h3-5,8-9H,2,6-7H2,1H3,(H,15,16). The molecule has 1 heterocycles. The summed E-state index contributed by atoms with van der Waals surface area (Å²) in [6.07, 6.45) is 2.72. The zero-order chi connectivity index (χ0) is 12.1. The second-order valence-corrected chi connectivity index (χ2v) is 4.09. The molecule has 0 bridgehead atoms. The van der Waals surface area contributed by atoms with Gasteiger partial charge in [-0.2, -0.15) is 0 Å². The molecule has 0 saturated heterocycles. The molecule has 1 N–H and O–H groups in total. The van der Waals surface area contributed by atoms with E-state index >= 15 is 0 Å². The summed E-state index contributed by atoms with van der Waals surface area (Å²) in [5, 5.41) is 5.51. The molecule has 4 heteroatoms. The maximum atomic E-state index is 5.65. The highest BCUT2D eigenvalue weighted by Crippen LogP contribution is 2.25. The van der Waals surface area contributed by atoms with Crippen molar-refractivity contribution >= 4 is 28.2 Å². The average molecular weight is 251 g/mol. The predicted octanol–water partition coefficient (Wildman–Crippen LogP) is 3.28. The van der Waals surface area contributed by atoms with Crippen LogP contribution >= 0.6 is 11.6 Å². The number of ether oxygens (including phenoxy) is 1. The average Bonchev–Trinajstić information content (AvgIpc) is 2.38. The smallest absolute Gasteiger partial charge is 0.133 e. The minimum atomic E-state index is 0.658. The normalized spacial score (nSPS) is 10.5. The van der Waals surface area contributed by atoms with Crippen molar-refractivity contribution in [2.75, 3.05) is 24.9 Å². The summed E-state index contributed by atoms with van der Waals surface area (Å²) < 4.78 is 5.20. The van der Waals surface area contributed by atoms with E-state index in [0.29, 0.717) is 5.88 Å². The number of hydrogen-bond acceptors (Lipinski definition) is 3. The Morgan fingerprint density at radius 2 is 2.24 bits per heavy atom. The van der Waals surface area contributed by atoms with Crippen molar-refractivity contribution in [2.24, 2.45) is 0 Å². The van der Waals surface area contributed by atoms with E-state index in [-0.39, 0.29) is 0 Å². The molecule has 0 atom stereocenters. The summed E-state index contributed by atoms with van der Waals surface area (Å²) in [7, 11) is 1.67. The van der Waals surface area contributed by atoms with Gasteiger partial charge < -0.3 is 10.1 Å². The summed E-state index contributed by atoms with van der Waals surface area (Å²) in [6.45, 7) is 0.835. The van der Waals surface area contributed by atoms with Crippen molar-refractivity contribution in [1.82, 2.24) is 4.98 Å². The fourth-order valence-electron chi connectivity index (χ4n) is 1.70. The van der Waals surface area contributed by atoms with Crippen molar-refractivity contribution in [3.8, 4) is 5.75 Å². The van der Waals surface area contributed by atoms with Gasteiger partial charge in [-0.25, -0.2) is 4.98 Å². The van der Waals surface area contributed by atoms with Gasteiger partial charge in [-0.05, 0) is 36.1 Å². The number of hydrogen-bond donors (Lipinski definition) is 1. The molecule has 17 heavy (non-hydrogen) atoms. The van der Waals surface area contributed by atoms with Crippen molar-refractivity contribution < 1.29 is 4.74 Å². The molecule has 90 valence electrons. The quantitative estimate of drug-likeness (QED) is 0.653. The third-order valence-corrected chi connectivity index (χ3v) is 2.84. The van der Waals surface area contributed by atoms with E-state index in [9.17, 15) is 0 Å². The van der Waals surface area contributed by atoms with Crippen LogP contribution in [-0.2, 0) is 0 Å². The monoisotopic (exact) mass is 250 g/mol. The van der Waals surface area contributed by atoms with Crippen molar-refractivity contribution in [2.45, 2.75) is 6.42 Å². The Bertz CT molecular complexity index is 502. The fraction of sp³-hybridized carbons (Fsp3) is 0.308. The summed E-state index contributed by atoms with van der Waals surface area (Å²) in [5.74, 6) is 2.41. The van der Waals surface area contributed by atoms with Gasteiger partial charge in [0.1, 0.15) is 11.6 Å². The second-order valence-electron chi connectivity index (χ2n) is 3.72. The summed E-state index contributed by atoms with van der Waals surface area (Å²) in [4.78, 5) is 4.34. The maximum Gasteiger partial charge on any atom is 0.133 e. The largest absolute Gasteiger partial charge is 0.497 e. The molecule has 1 aromatic heterocycles. The number of alkyl halides is 1. The number of pyridine rings is 1. The lowest BCUT2D eigenvalue weighted by atomic mass is 10.1. The minimum absolute atomic E-state index is 0.658. The third-order valence-electron chi connectivity index (χ3n) is 2.57. The molecule has 0 spiro atoms. The van der Waals surface area contributed by atoms with Crippen LogP contribution in [0.4, 0.5) is 5.82 Å². The van der Waals surface area contributed by atoms with E-state index in [2.05, 4.69) is 10.3 Å². The lowest BCUT2D eigenvalue weighted by Crippen LogP contribution is -2.04. The zero-order valence-electron chi connectivity index (χ0n) is 9.74. The van der Waals surface area contributed by atoms with Gasteiger partial charge in [0, 0.05) is 24.0 Å². The van der Waals surface area contributed by atoms with E-state index in [0.717, 1.165) is 35.3 Å². The van der Waals surface area contributed by atoms with Crippen LogP contribution in [0.2, 0.25) is 0 Å². The van der Waals surface area contributed by atoms with Crippen LogP contribution in [-0.4, -0.2) is 24.5 Å². The van der Waals surface area contributed by atoms with Gasteiger partial charge in [0.25, 0.3) is 0 Å². The van der Waals surface area contributed by atoms with Crippen LogP contribution in [0.25, 0.3) is 10.8 Å². The van der Waals surface area contributed by atoms with E-state index in [1.807, 2.05) is 24.3 Å². The highest BCUT2D eigenvalue weighted by Gasteiger charge is 2.02. The van der Waals surface area contributed by atoms with Crippen molar-refractivity contribution in [3.63, 3.8) is 0 Å². The van der Waals surface area contributed by atoms with Crippen LogP contribution in [0.1, 0.15) is 6.42 Å². The Hall–Kier alpha value is -1.48. The van der Waals surface area contributed by atoms with Crippen LogP contribution < -0.4 is 10.1 Å². The molecule has 0 aliphatic rings. The molecular weight excluding hydrogens is 236 g/mol. The summed E-state index contributed by atoms with van der Waals surface area (Å²) in [5.41, 5.74) is 0.